The predicted molar refractivity (Wildman–Crippen MR) is 124 cm³/mol. The van der Waals surface area contributed by atoms with E-state index in [0.717, 1.165) is 27.7 Å². The minimum atomic E-state index is -3.59. The number of pyridine rings is 1. The molecular formula is C20H25Cl2FN4O2S. The van der Waals surface area contributed by atoms with Crippen LogP contribution in [0, 0.1) is 6.92 Å². The van der Waals surface area contributed by atoms with Crippen LogP contribution in [-0.2, 0) is 16.6 Å². The molecule has 164 valence electrons. The second-order valence-corrected chi connectivity index (χ2v) is 8.79. The Morgan fingerprint density at radius 1 is 1.20 bits per heavy atom. The zero-order valence-corrected chi connectivity index (χ0v) is 19.3. The highest BCUT2D eigenvalue weighted by Crippen LogP contribution is 2.36. The average Bonchev–Trinajstić information content (AvgIpc) is 2.93. The van der Waals surface area contributed by atoms with E-state index in [0.29, 0.717) is 0 Å². The number of nitrogens with zero attached hydrogens (tertiary/aromatic N) is 3. The van der Waals surface area contributed by atoms with Gasteiger partial charge in [-0.3, -0.25) is 4.98 Å². The number of hydrogen-bond acceptors (Lipinski definition) is 4. The van der Waals surface area contributed by atoms with Crippen molar-refractivity contribution in [2.75, 3.05) is 20.6 Å². The molecule has 1 aromatic carbocycles. The van der Waals surface area contributed by atoms with Crippen LogP contribution in [0.2, 0.25) is 0 Å². The van der Waals surface area contributed by atoms with Crippen molar-refractivity contribution in [2.24, 2.45) is 5.73 Å². The quantitative estimate of drug-likeness (QED) is 0.586. The molecule has 30 heavy (non-hydrogen) atoms. The fourth-order valence-corrected chi connectivity index (χ4v) is 4.19. The Morgan fingerprint density at radius 2 is 1.83 bits per heavy atom. The van der Waals surface area contributed by atoms with Crippen LogP contribution in [0.1, 0.15) is 5.69 Å². The van der Waals surface area contributed by atoms with Crippen LogP contribution < -0.4 is 5.73 Å². The molecule has 2 N–H and O–H groups in total. The Morgan fingerprint density at radius 3 is 2.40 bits per heavy atom. The number of hydrogen-bond donors (Lipinski definition) is 1. The molecule has 0 bridgehead atoms. The summed E-state index contributed by atoms with van der Waals surface area (Å²) in [6, 6.07) is 8.62. The van der Waals surface area contributed by atoms with E-state index in [2.05, 4.69) is 4.98 Å². The molecule has 0 amide bonds. The van der Waals surface area contributed by atoms with E-state index in [-0.39, 0.29) is 48.6 Å². The largest absolute Gasteiger partial charge is 0.337 e. The van der Waals surface area contributed by atoms with Gasteiger partial charge in [-0.25, -0.2) is 17.1 Å². The highest BCUT2D eigenvalue weighted by molar-refractivity contribution is 7.89. The summed E-state index contributed by atoms with van der Waals surface area (Å²) < 4.78 is 42.4. The summed E-state index contributed by atoms with van der Waals surface area (Å²) >= 11 is 0. The molecule has 3 aromatic rings. The van der Waals surface area contributed by atoms with Crippen molar-refractivity contribution in [1.82, 2.24) is 13.9 Å². The molecule has 0 radical (unpaired) electrons. The van der Waals surface area contributed by atoms with Crippen molar-refractivity contribution in [2.45, 2.75) is 18.4 Å². The van der Waals surface area contributed by atoms with Gasteiger partial charge in [-0.1, -0.05) is 0 Å². The molecule has 0 saturated heterocycles. The molecule has 0 aliphatic rings. The lowest BCUT2D eigenvalue weighted by molar-refractivity contribution is 0.521. The minimum absolute atomic E-state index is 0. The van der Waals surface area contributed by atoms with Crippen molar-refractivity contribution in [3.8, 4) is 11.1 Å². The standard InChI is InChI=1S/C20H23FN4O2S.2ClH/c1-14-20(15-7-10-23-11-8-15)18-12-17(28(26,27)24(2)3)4-5-19(18)25(14)13-16(21)6-9-22;;/h4-8,10-12H,9,13,22H2,1-3H3;2*1H/b16-6-;;. The maximum Gasteiger partial charge on any atom is 0.242 e. The molecule has 2 heterocycles. The second-order valence-electron chi connectivity index (χ2n) is 6.64. The zero-order chi connectivity index (χ0) is 20.5. The summed E-state index contributed by atoms with van der Waals surface area (Å²) in [5, 5.41) is 0.743. The minimum Gasteiger partial charge on any atom is -0.337 e. The van der Waals surface area contributed by atoms with Gasteiger partial charge in [0.1, 0.15) is 5.83 Å². The van der Waals surface area contributed by atoms with Gasteiger partial charge in [0.05, 0.1) is 11.4 Å². The smallest absolute Gasteiger partial charge is 0.242 e. The average molecular weight is 475 g/mol. The summed E-state index contributed by atoms with van der Waals surface area (Å²) in [4.78, 5) is 4.24. The fraction of sp³-hybridized carbons (Fsp3) is 0.250. The Kier molecular flexibility index (Phi) is 9.01. The number of rotatable bonds is 6. The Bertz CT molecular complexity index is 1150. The van der Waals surface area contributed by atoms with Gasteiger partial charge in [0, 0.05) is 55.2 Å². The molecule has 0 saturated carbocycles. The summed E-state index contributed by atoms with van der Waals surface area (Å²) in [6.45, 7) is 2.04. The van der Waals surface area contributed by atoms with Crippen LogP contribution in [0.25, 0.3) is 22.0 Å². The maximum absolute atomic E-state index is 14.2. The first-order valence-electron chi connectivity index (χ1n) is 8.77. The third-order valence-corrected chi connectivity index (χ3v) is 6.50. The van der Waals surface area contributed by atoms with Crippen molar-refractivity contribution < 1.29 is 12.8 Å². The number of aromatic nitrogens is 2. The van der Waals surface area contributed by atoms with Crippen LogP contribution in [0.4, 0.5) is 4.39 Å². The molecule has 0 unspecified atom stereocenters. The van der Waals surface area contributed by atoms with Gasteiger partial charge in [-0.2, -0.15) is 0 Å². The zero-order valence-electron chi connectivity index (χ0n) is 16.9. The van der Waals surface area contributed by atoms with Crippen molar-refractivity contribution in [3.05, 3.63) is 60.3 Å². The van der Waals surface area contributed by atoms with Crippen molar-refractivity contribution >= 4 is 45.7 Å². The molecule has 0 atom stereocenters. The van der Waals surface area contributed by atoms with Crippen LogP contribution in [-0.4, -0.2) is 42.9 Å². The van der Waals surface area contributed by atoms with Gasteiger partial charge in [-0.05, 0) is 48.9 Å². The molecule has 6 nitrogen and oxygen atoms in total. The first-order chi connectivity index (χ1) is 13.3. The Balaban J connectivity index is 0.00000225. The lowest BCUT2D eigenvalue weighted by Gasteiger charge is -2.12. The van der Waals surface area contributed by atoms with Crippen LogP contribution in [0.5, 0.6) is 0 Å². The highest BCUT2D eigenvalue weighted by atomic mass is 35.5. The summed E-state index contributed by atoms with van der Waals surface area (Å²) in [5.41, 5.74) is 8.75. The second kappa shape index (κ2) is 10.4. The fourth-order valence-electron chi connectivity index (χ4n) is 3.26. The molecule has 0 fully saturated rings. The van der Waals surface area contributed by atoms with Gasteiger partial charge >= 0.3 is 0 Å². The van der Waals surface area contributed by atoms with Crippen molar-refractivity contribution in [3.63, 3.8) is 0 Å². The molecule has 2 aromatic heterocycles. The number of sulfonamides is 1. The van der Waals surface area contributed by atoms with Gasteiger partial charge in [0.25, 0.3) is 0 Å². The summed E-state index contributed by atoms with van der Waals surface area (Å²) in [6.07, 6.45) is 4.68. The first-order valence-corrected chi connectivity index (χ1v) is 10.2. The monoisotopic (exact) mass is 474 g/mol. The molecule has 0 spiro atoms. The van der Waals surface area contributed by atoms with Crippen molar-refractivity contribution in [1.29, 1.82) is 0 Å². The third-order valence-electron chi connectivity index (χ3n) is 4.69. The predicted octanol–water partition coefficient (Wildman–Crippen LogP) is 3.92. The van der Waals surface area contributed by atoms with E-state index in [1.165, 1.54) is 24.5 Å². The third kappa shape index (κ3) is 4.84. The number of allylic oxidation sites excluding steroid dienone is 1. The van der Waals surface area contributed by atoms with Gasteiger partial charge in [0.15, 0.2) is 0 Å². The molecular weight excluding hydrogens is 450 g/mol. The molecule has 3 rings (SSSR count). The van der Waals surface area contributed by atoms with Crippen LogP contribution in [0.15, 0.2) is 59.5 Å². The van der Waals surface area contributed by atoms with E-state index >= 15 is 0 Å². The van der Waals surface area contributed by atoms with E-state index in [9.17, 15) is 12.8 Å². The lowest BCUT2D eigenvalue weighted by Crippen LogP contribution is -2.22. The van der Waals surface area contributed by atoms with Gasteiger partial charge in [0.2, 0.25) is 10.0 Å². The van der Waals surface area contributed by atoms with E-state index < -0.39 is 10.0 Å². The Hall–Kier alpha value is -1.97. The summed E-state index contributed by atoms with van der Waals surface area (Å²) in [7, 11) is -0.607. The van der Waals surface area contributed by atoms with E-state index in [1.54, 1.807) is 30.6 Å². The molecule has 0 aliphatic carbocycles. The van der Waals surface area contributed by atoms with Crippen LogP contribution in [0.3, 0.4) is 0 Å². The lowest BCUT2D eigenvalue weighted by atomic mass is 10.0. The van der Waals surface area contributed by atoms with Crippen LogP contribution >= 0.6 is 24.8 Å². The number of benzene rings is 1. The normalized spacial score (nSPS) is 12.0. The van der Waals surface area contributed by atoms with Gasteiger partial charge in [-0.15, -0.1) is 24.8 Å². The maximum atomic E-state index is 14.2. The topological polar surface area (TPSA) is 81.2 Å². The SMILES string of the molecule is Cc1c(-c2ccncc2)c2cc(S(=O)(=O)N(C)C)ccc2n1C/C(F)=C/CN.Cl.Cl. The highest BCUT2D eigenvalue weighted by Gasteiger charge is 2.22. The van der Waals surface area contributed by atoms with E-state index in [4.69, 9.17) is 5.73 Å². The first kappa shape index (κ1) is 26.1. The number of halogens is 3. The number of fused-ring (bicyclic) bond motifs is 1. The molecule has 0 aliphatic heterocycles. The molecule has 10 heteroatoms. The number of nitrogens with two attached hydrogens (primary N) is 1. The van der Waals surface area contributed by atoms with Gasteiger partial charge < -0.3 is 10.3 Å². The van der Waals surface area contributed by atoms with E-state index in [1.807, 2.05) is 23.6 Å². The Labute approximate surface area is 188 Å². The summed E-state index contributed by atoms with van der Waals surface area (Å²) in [5.74, 6) is -0.339.